The molecule has 17 heavy (non-hydrogen) atoms. The molecular formula is C13H18BrFN2. The van der Waals surface area contributed by atoms with Crippen molar-refractivity contribution in [2.24, 2.45) is 5.73 Å². The van der Waals surface area contributed by atoms with Gasteiger partial charge in [-0.15, -0.1) is 0 Å². The molecule has 0 spiro atoms. The van der Waals surface area contributed by atoms with E-state index in [9.17, 15) is 4.39 Å². The molecule has 0 unspecified atom stereocenters. The maximum atomic E-state index is 13.1. The highest BCUT2D eigenvalue weighted by atomic mass is 79.9. The van der Waals surface area contributed by atoms with Crippen LogP contribution in [0.1, 0.15) is 18.4 Å². The van der Waals surface area contributed by atoms with Crippen LogP contribution >= 0.6 is 15.9 Å². The van der Waals surface area contributed by atoms with E-state index in [1.807, 2.05) is 12.1 Å². The number of piperidine rings is 1. The molecule has 1 aromatic rings. The topological polar surface area (TPSA) is 29.3 Å². The van der Waals surface area contributed by atoms with Crippen LogP contribution in [-0.4, -0.2) is 30.6 Å². The Bertz CT molecular complexity index is 376. The van der Waals surface area contributed by atoms with Gasteiger partial charge < -0.3 is 10.6 Å². The van der Waals surface area contributed by atoms with Crippen molar-refractivity contribution >= 4 is 15.9 Å². The molecule has 1 fully saturated rings. The van der Waals surface area contributed by atoms with Crippen molar-refractivity contribution < 1.29 is 4.39 Å². The van der Waals surface area contributed by atoms with Gasteiger partial charge in [0.1, 0.15) is 5.82 Å². The Labute approximate surface area is 110 Å². The van der Waals surface area contributed by atoms with Gasteiger partial charge in [-0.3, -0.25) is 0 Å². The Hall–Kier alpha value is -0.450. The molecule has 1 aromatic carbocycles. The molecule has 1 aliphatic rings. The van der Waals surface area contributed by atoms with E-state index in [1.165, 1.54) is 11.6 Å². The number of likely N-dealkylation sites (tertiary alicyclic amines) is 1. The number of nitrogens with zero attached hydrogens (tertiary/aromatic N) is 1. The van der Waals surface area contributed by atoms with Crippen LogP contribution < -0.4 is 5.73 Å². The summed E-state index contributed by atoms with van der Waals surface area (Å²) in [7, 11) is 0. The Balaban J connectivity index is 1.83. The largest absolute Gasteiger partial charge is 0.328 e. The summed E-state index contributed by atoms with van der Waals surface area (Å²) >= 11 is 3.21. The number of rotatable bonds is 3. The number of hydrogen-bond donors (Lipinski definition) is 1. The average molecular weight is 301 g/mol. The van der Waals surface area contributed by atoms with Crippen LogP contribution in [0.3, 0.4) is 0 Å². The van der Waals surface area contributed by atoms with E-state index in [1.54, 1.807) is 0 Å². The smallest absolute Gasteiger partial charge is 0.137 e. The zero-order chi connectivity index (χ0) is 12.3. The van der Waals surface area contributed by atoms with Crippen molar-refractivity contribution in [3.05, 3.63) is 34.1 Å². The minimum absolute atomic E-state index is 0.197. The predicted molar refractivity (Wildman–Crippen MR) is 71.5 cm³/mol. The normalized spacial score (nSPS) is 18.5. The number of halogens is 2. The summed E-state index contributed by atoms with van der Waals surface area (Å²) in [5, 5.41) is 0. The van der Waals surface area contributed by atoms with E-state index in [4.69, 9.17) is 5.73 Å². The fourth-order valence-corrected chi connectivity index (χ4v) is 2.59. The molecule has 0 amide bonds. The lowest BCUT2D eigenvalue weighted by Gasteiger charge is -2.29. The summed E-state index contributed by atoms with van der Waals surface area (Å²) in [6.45, 7) is 3.21. The monoisotopic (exact) mass is 300 g/mol. The van der Waals surface area contributed by atoms with E-state index in [0.717, 1.165) is 38.9 Å². The summed E-state index contributed by atoms with van der Waals surface area (Å²) in [6.07, 6.45) is 3.15. The van der Waals surface area contributed by atoms with Crippen LogP contribution in [0.25, 0.3) is 0 Å². The number of benzene rings is 1. The van der Waals surface area contributed by atoms with Crippen LogP contribution in [0.15, 0.2) is 22.7 Å². The second-order valence-corrected chi connectivity index (χ2v) is 5.53. The molecule has 0 radical (unpaired) electrons. The quantitative estimate of drug-likeness (QED) is 0.929. The molecule has 1 saturated heterocycles. The zero-order valence-electron chi connectivity index (χ0n) is 9.83. The Morgan fingerprint density at radius 1 is 1.35 bits per heavy atom. The van der Waals surface area contributed by atoms with E-state index < -0.39 is 0 Å². The molecule has 2 nitrogen and oxygen atoms in total. The van der Waals surface area contributed by atoms with E-state index in [0.29, 0.717) is 10.5 Å². The first kappa shape index (κ1) is 13.0. The molecule has 0 aromatic heterocycles. The van der Waals surface area contributed by atoms with Gasteiger partial charge >= 0.3 is 0 Å². The third kappa shape index (κ3) is 3.76. The summed E-state index contributed by atoms with van der Waals surface area (Å²) in [4.78, 5) is 2.43. The molecule has 0 aliphatic carbocycles. The maximum Gasteiger partial charge on any atom is 0.137 e. The fourth-order valence-electron chi connectivity index (χ4n) is 2.16. The Morgan fingerprint density at radius 3 is 2.71 bits per heavy atom. The average Bonchev–Trinajstić information content (AvgIpc) is 2.33. The highest BCUT2D eigenvalue weighted by Gasteiger charge is 2.15. The van der Waals surface area contributed by atoms with Crippen LogP contribution in [0.2, 0.25) is 0 Å². The van der Waals surface area contributed by atoms with E-state index in [-0.39, 0.29) is 5.82 Å². The lowest BCUT2D eigenvalue weighted by atomic mass is 10.1. The third-order valence-electron chi connectivity index (χ3n) is 3.33. The molecule has 4 heteroatoms. The lowest BCUT2D eigenvalue weighted by Crippen LogP contribution is -2.40. The second-order valence-electron chi connectivity index (χ2n) is 4.68. The minimum Gasteiger partial charge on any atom is -0.328 e. The van der Waals surface area contributed by atoms with Crippen molar-refractivity contribution in [3.63, 3.8) is 0 Å². The van der Waals surface area contributed by atoms with Crippen LogP contribution in [0, 0.1) is 5.82 Å². The van der Waals surface area contributed by atoms with Gasteiger partial charge in [0.15, 0.2) is 0 Å². The summed E-state index contributed by atoms with van der Waals surface area (Å²) < 4.78 is 13.6. The van der Waals surface area contributed by atoms with Crippen LogP contribution in [-0.2, 0) is 6.42 Å². The molecule has 1 heterocycles. The van der Waals surface area contributed by atoms with Crippen molar-refractivity contribution in [1.82, 2.24) is 4.90 Å². The Morgan fingerprint density at radius 2 is 2.06 bits per heavy atom. The molecular weight excluding hydrogens is 283 g/mol. The molecule has 0 saturated carbocycles. The van der Waals surface area contributed by atoms with Crippen LogP contribution in [0.5, 0.6) is 0 Å². The molecule has 94 valence electrons. The summed E-state index contributed by atoms with van der Waals surface area (Å²) in [5.74, 6) is -0.197. The van der Waals surface area contributed by atoms with Crippen molar-refractivity contribution in [1.29, 1.82) is 0 Å². The maximum absolute atomic E-state index is 13.1. The van der Waals surface area contributed by atoms with Gasteiger partial charge in [-0.05, 0) is 66.0 Å². The lowest BCUT2D eigenvalue weighted by molar-refractivity contribution is 0.215. The summed E-state index contributed by atoms with van der Waals surface area (Å²) in [5.41, 5.74) is 7.04. The van der Waals surface area contributed by atoms with Gasteiger partial charge in [0, 0.05) is 12.6 Å². The van der Waals surface area contributed by atoms with Gasteiger partial charge in [0.05, 0.1) is 4.47 Å². The van der Waals surface area contributed by atoms with E-state index in [2.05, 4.69) is 20.8 Å². The van der Waals surface area contributed by atoms with Gasteiger partial charge in [0.25, 0.3) is 0 Å². The molecule has 2 N–H and O–H groups in total. The standard InChI is InChI=1S/C13H18BrFN2/c14-12-9-10(1-2-13(12)15)3-6-17-7-4-11(16)5-8-17/h1-2,9,11H,3-8,16H2. The Kier molecular flexibility index (Phi) is 4.54. The number of nitrogens with two attached hydrogens (primary N) is 1. The van der Waals surface area contributed by atoms with Crippen molar-refractivity contribution in [3.8, 4) is 0 Å². The van der Waals surface area contributed by atoms with Crippen LogP contribution in [0.4, 0.5) is 4.39 Å². The first-order valence-corrected chi connectivity index (χ1v) is 6.86. The van der Waals surface area contributed by atoms with E-state index >= 15 is 0 Å². The van der Waals surface area contributed by atoms with Gasteiger partial charge in [0.2, 0.25) is 0 Å². The molecule has 0 bridgehead atoms. The zero-order valence-corrected chi connectivity index (χ0v) is 11.4. The predicted octanol–water partition coefficient (Wildman–Crippen LogP) is 2.55. The minimum atomic E-state index is -0.197. The van der Waals surface area contributed by atoms with Crippen molar-refractivity contribution in [2.45, 2.75) is 25.3 Å². The van der Waals surface area contributed by atoms with Gasteiger partial charge in [-0.25, -0.2) is 4.39 Å². The highest BCUT2D eigenvalue weighted by molar-refractivity contribution is 9.10. The first-order valence-electron chi connectivity index (χ1n) is 6.07. The fraction of sp³-hybridized carbons (Fsp3) is 0.538. The molecule has 1 aliphatic heterocycles. The first-order chi connectivity index (χ1) is 8.15. The highest BCUT2D eigenvalue weighted by Crippen LogP contribution is 2.17. The number of hydrogen-bond acceptors (Lipinski definition) is 2. The second kappa shape index (κ2) is 5.94. The third-order valence-corrected chi connectivity index (χ3v) is 3.94. The summed E-state index contributed by atoms with van der Waals surface area (Å²) in [6, 6.07) is 5.62. The van der Waals surface area contributed by atoms with Crippen molar-refractivity contribution in [2.75, 3.05) is 19.6 Å². The SMILES string of the molecule is NC1CCN(CCc2ccc(F)c(Br)c2)CC1. The van der Waals surface area contributed by atoms with Gasteiger partial charge in [-0.2, -0.15) is 0 Å². The molecule has 2 rings (SSSR count). The molecule has 0 atom stereocenters. The van der Waals surface area contributed by atoms with Gasteiger partial charge in [-0.1, -0.05) is 6.07 Å².